The van der Waals surface area contributed by atoms with Crippen molar-refractivity contribution in [2.24, 2.45) is 5.92 Å². The molecule has 7 nitrogen and oxygen atoms in total. The number of hydrogen-bond donors (Lipinski definition) is 1. The number of hydrogen-bond acceptors (Lipinski definition) is 8. The van der Waals surface area contributed by atoms with Crippen LogP contribution in [0.15, 0.2) is 17.8 Å². The molecule has 5 rings (SSSR count). The second kappa shape index (κ2) is 14.8. The first-order valence-corrected chi connectivity index (χ1v) is 17.9. The van der Waals surface area contributed by atoms with Crippen LogP contribution >= 0.6 is 11.3 Å². The fraction of sp³-hybridized carbons (Fsp3) is 0.541. The van der Waals surface area contributed by atoms with E-state index in [1.807, 2.05) is 13.8 Å². The number of halogens is 2. The number of ether oxygens (including phenoxy) is 1. The molecule has 2 aliphatic rings. The topological polar surface area (TPSA) is 91.3 Å². The molecule has 1 aromatic carbocycles. The summed E-state index contributed by atoms with van der Waals surface area (Å²) >= 11 is 1.01. The van der Waals surface area contributed by atoms with Gasteiger partial charge in [-0.1, -0.05) is 45.8 Å². The molecular formula is C37H48F2N6OS. The smallest absolute Gasteiger partial charge is 0.226 e. The van der Waals surface area contributed by atoms with E-state index in [0.29, 0.717) is 52.0 Å². The molecule has 3 aromatic rings. The Labute approximate surface area is 282 Å². The minimum Gasteiger partial charge on any atom is -0.389 e. The van der Waals surface area contributed by atoms with Crippen molar-refractivity contribution in [3.8, 4) is 6.07 Å². The summed E-state index contributed by atoms with van der Waals surface area (Å²) in [4.78, 5) is 14.8. The Morgan fingerprint density at radius 3 is 2.66 bits per heavy atom. The lowest BCUT2D eigenvalue weighted by molar-refractivity contribution is 0.134. The molecule has 3 unspecified atom stereocenters. The first-order valence-electron chi connectivity index (χ1n) is 17.0. The van der Waals surface area contributed by atoms with Gasteiger partial charge in [-0.15, -0.1) is 11.3 Å². The molecule has 252 valence electrons. The van der Waals surface area contributed by atoms with E-state index in [1.165, 1.54) is 18.9 Å². The maximum Gasteiger partial charge on any atom is 0.226 e. The highest BCUT2D eigenvalue weighted by Crippen LogP contribution is 2.47. The van der Waals surface area contributed by atoms with E-state index in [2.05, 4.69) is 43.6 Å². The molecule has 0 aliphatic carbocycles. The summed E-state index contributed by atoms with van der Waals surface area (Å²) < 4.78 is 38.5. The van der Waals surface area contributed by atoms with Crippen LogP contribution < -0.4 is 10.6 Å². The largest absolute Gasteiger partial charge is 0.389 e. The van der Waals surface area contributed by atoms with E-state index in [-0.39, 0.29) is 40.2 Å². The maximum atomic E-state index is 17.3. The molecule has 0 spiro atoms. The normalized spacial score (nSPS) is 19.4. The Morgan fingerprint density at radius 2 is 2.00 bits per heavy atom. The Morgan fingerprint density at radius 1 is 1.26 bits per heavy atom. The van der Waals surface area contributed by atoms with Crippen LogP contribution in [0.3, 0.4) is 0 Å². The second-order valence-corrected chi connectivity index (χ2v) is 14.1. The fourth-order valence-electron chi connectivity index (χ4n) is 7.14. The van der Waals surface area contributed by atoms with Gasteiger partial charge in [0.05, 0.1) is 23.7 Å². The van der Waals surface area contributed by atoms with Gasteiger partial charge >= 0.3 is 0 Å². The average Bonchev–Trinajstić information content (AvgIpc) is 3.80. The zero-order valence-electron chi connectivity index (χ0n) is 28.8. The molecule has 0 radical (unpaired) electrons. The monoisotopic (exact) mass is 662 g/mol. The molecule has 1 saturated heterocycles. The van der Waals surface area contributed by atoms with Crippen molar-refractivity contribution in [3.05, 3.63) is 56.4 Å². The Balaban J connectivity index is 1.65. The number of allylic oxidation sites excluding steroid dienone is 2. The van der Waals surface area contributed by atoms with Gasteiger partial charge in [-0.25, -0.2) is 18.7 Å². The molecule has 2 aliphatic heterocycles. The lowest BCUT2D eigenvalue weighted by Gasteiger charge is -2.34. The van der Waals surface area contributed by atoms with E-state index >= 15 is 8.78 Å². The van der Waals surface area contributed by atoms with Crippen molar-refractivity contribution >= 4 is 44.6 Å². The zero-order valence-corrected chi connectivity index (χ0v) is 29.7. The standard InChI is InChI=1S/C37H48F2N6OS/c1-8-14-44(15-12-21(5)9-2)29-13-16-45(23(29)7)37-42-18-25-26-19-46-20-27(26)31(33(39)34(25)43-37)30(22(6)10-3)32-24(17-40)36(41)47-35(32)28(38)11-4/h11,18,21,23,29H,8-10,12-16,19-20,41H2,1-7H3/b28-11+,30-22+. The predicted molar refractivity (Wildman–Crippen MR) is 189 cm³/mol. The molecule has 47 heavy (non-hydrogen) atoms. The SMILES string of the molecule is C/C=C(/F)c1sc(N)c(C#N)c1/C(=C(\C)CC)c1c2c(c3cnc(N4CCC(N(CCC)CCC(C)CC)C4C)nc3c1F)COC2. The predicted octanol–water partition coefficient (Wildman–Crippen LogP) is 8.99. The number of anilines is 2. The molecule has 2 aromatic heterocycles. The van der Waals surface area contributed by atoms with Crippen LogP contribution in [0.2, 0.25) is 0 Å². The summed E-state index contributed by atoms with van der Waals surface area (Å²) in [5, 5.41) is 11.0. The summed E-state index contributed by atoms with van der Waals surface area (Å²) in [6, 6.07) is 2.70. The summed E-state index contributed by atoms with van der Waals surface area (Å²) in [7, 11) is 0. The van der Waals surface area contributed by atoms with Crippen LogP contribution in [-0.2, 0) is 18.0 Å². The highest BCUT2D eigenvalue weighted by Gasteiger charge is 2.37. The molecule has 0 bridgehead atoms. The number of nitrogen functional groups attached to an aromatic ring is 1. The molecule has 3 atom stereocenters. The minimum atomic E-state index is -0.513. The minimum absolute atomic E-state index is 0.155. The number of nitriles is 1. The number of aromatic nitrogens is 2. The van der Waals surface area contributed by atoms with Gasteiger partial charge in [-0.2, -0.15) is 5.26 Å². The number of rotatable bonds is 12. The maximum absolute atomic E-state index is 17.3. The van der Waals surface area contributed by atoms with Crippen LogP contribution in [0, 0.1) is 23.1 Å². The first-order chi connectivity index (χ1) is 22.6. The molecule has 2 N–H and O–H groups in total. The van der Waals surface area contributed by atoms with Crippen molar-refractivity contribution in [1.29, 1.82) is 5.26 Å². The van der Waals surface area contributed by atoms with E-state index in [4.69, 9.17) is 20.4 Å². The molecular weight excluding hydrogens is 615 g/mol. The third kappa shape index (κ3) is 6.42. The van der Waals surface area contributed by atoms with Gasteiger partial charge in [-0.3, -0.25) is 4.90 Å². The molecule has 0 saturated carbocycles. The number of benzene rings is 1. The summed E-state index contributed by atoms with van der Waals surface area (Å²) in [6.07, 6.45) is 8.07. The van der Waals surface area contributed by atoms with Crippen molar-refractivity contribution < 1.29 is 13.5 Å². The van der Waals surface area contributed by atoms with Crippen molar-refractivity contribution in [3.63, 3.8) is 0 Å². The molecule has 0 amide bonds. The van der Waals surface area contributed by atoms with Gasteiger partial charge in [0, 0.05) is 41.3 Å². The van der Waals surface area contributed by atoms with Crippen LogP contribution in [-0.4, -0.2) is 46.6 Å². The summed E-state index contributed by atoms with van der Waals surface area (Å²) in [6.45, 7) is 17.8. The van der Waals surface area contributed by atoms with Crippen molar-refractivity contribution in [2.45, 2.75) is 106 Å². The van der Waals surface area contributed by atoms with Gasteiger partial charge in [0.25, 0.3) is 0 Å². The third-order valence-corrected chi connectivity index (χ3v) is 11.2. The van der Waals surface area contributed by atoms with Crippen LogP contribution in [0.25, 0.3) is 22.3 Å². The zero-order chi connectivity index (χ0) is 34.0. The number of nitrogens with two attached hydrogens (primary N) is 1. The van der Waals surface area contributed by atoms with Crippen LogP contribution in [0.4, 0.5) is 19.7 Å². The molecule has 4 heterocycles. The summed E-state index contributed by atoms with van der Waals surface area (Å²) in [5.74, 6) is 0.174. The summed E-state index contributed by atoms with van der Waals surface area (Å²) in [5.41, 5.74) is 10.1. The van der Waals surface area contributed by atoms with E-state index in [1.54, 1.807) is 13.1 Å². The van der Waals surface area contributed by atoms with Gasteiger partial charge in [0.15, 0.2) is 5.82 Å². The first kappa shape index (κ1) is 34.9. The molecule has 10 heteroatoms. The van der Waals surface area contributed by atoms with Gasteiger partial charge in [0.2, 0.25) is 5.95 Å². The average molecular weight is 663 g/mol. The van der Waals surface area contributed by atoms with Crippen LogP contribution in [0.1, 0.15) is 113 Å². The van der Waals surface area contributed by atoms with E-state index in [9.17, 15) is 5.26 Å². The number of nitrogens with zero attached hydrogens (tertiary/aromatic N) is 5. The van der Waals surface area contributed by atoms with E-state index in [0.717, 1.165) is 54.9 Å². The Hall–Kier alpha value is -3.39. The van der Waals surface area contributed by atoms with Crippen molar-refractivity contribution in [1.82, 2.24) is 14.9 Å². The lowest BCUT2D eigenvalue weighted by Crippen LogP contribution is -2.45. The number of thiophene rings is 1. The highest BCUT2D eigenvalue weighted by molar-refractivity contribution is 7.17. The quantitative estimate of drug-likeness (QED) is 0.207. The lowest BCUT2D eigenvalue weighted by atomic mass is 9.85. The third-order valence-electron chi connectivity index (χ3n) is 10.2. The van der Waals surface area contributed by atoms with E-state index < -0.39 is 11.6 Å². The van der Waals surface area contributed by atoms with Gasteiger partial charge in [0.1, 0.15) is 22.4 Å². The Kier molecular flexibility index (Phi) is 11.0. The van der Waals surface area contributed by atoms with Crippen molar-refractivity contribution in [2.75, 3.05) is 30.3 Å². The molecule has 1 fully saturated rings. The van der Waals surface area contributed by atoms with Gasteiger partial charge in [-0.05, 0) is 82.2 Å². The second-order valence-electron chi connectivity index (χ2n) is 13.0. The Bertz CT molecular complexity index is 1740. The van der Waals surface area contributed by atoms with Crippen LogP contribution in [0.5, 0.6) is 0 Å². The fourth-order valence-corrected chi connectivity index (χ4v) is 8.14. The number of fused-ring (bicyclic) bond motifs is 3. The highest BCUT2D eigenvalue weighted by atomic mass is 32.1. The van der Waals surface area contributed by atoms with Gasteiger partial charge < -0.3 is 15.4 Å².